The van der Waals surface area contributed by atoms with Crippen molar-refractivity contribution in [1.29, 1.82) is 0 Å². The van der Waals surface area contributed by atoms with Gasteiger partial charge in [-0.1, -0.05) is 37.3 Å². The van der Waals surface area contributed by atoms with E-state index < -0.39 is 46.7 Å². The summed E-state index contributed by atoms with van der Waals surface area (Å²) in [5.41, 5.74) is -4.36. The van der Waals surface area contributed by atoms with Crippen molar-refractivity contribution in [2.45, 2.75) is 62.6 Å². The minimum absolute atomic E-state index is 0.0756. The third-order valence-corrected chi connectivity index (χ3v) is 7.39. The molecule has 212 valence electrons. The molecule has 2 aliphatic heterocycles. The predicted octanol–water partition coefficient (Wildman–Crippen LogP) is 5.78. The second kappa shape index (κ2) is 10.5. The number of halogens is 6. The monoisotopic (exact) mass is 557 g/mol. The van der Waals surface area contributed by atoms with Crippen molar-refractivity contribution < 1.29 is 40.7 Å². The lowest BCUT2D eigenvalue weighted by atomic mass is 9.76. The van der Waals surface area contributed by atoms with Gasteiger partial charge in [0.25, 0.3) is 5.91 Å². The number of carbonyl (C=O) groups excluding carboxylic acids is 2. The SMILES string of the molecule is CCCN1C(=O)NC2(CCC(COC(C)c3cc(C(F)(F)F)cc(C(F)(F)F)c3)(c3ccccc3)NC2)C1=O. The summed E-state index contributed by atoms with van der Waals surface area (Å²) >= 11 is 0. The summed E-state index contributed by atoms with van der Waals surface area (Å²) in [6.45, 7) is 3.50. The van der Waals surface area contributed by atoms with Crippen molar-refractivity contribution in [2.75, 3.05) is 19.7 Å². The standard InChI is InChI=1S/C27H29F6N3O3/c1-3-11-36-22(37)24(35-23(36)38)9-10-25(34-15-24,19-7-5-4-6-8-19)16-39-17(2)18-12-20(26(28,29)30)14-21(13-18)27(31,32)33/h4-8,12-14,17,34H,3,9-11,15-16H2,1-2H3,(H,35,38). The molecule has 2 aromatic carbocycles. The van der Waals surface area contributed by atoms with Crippen molar-refractivity contribution in [3.05, 3.63) is 70.8 Å². The molecule has 1 spiro atoms. The van der Waals surface area contributed by atoms with Gasteiger partial charge in [0.1, 0.15) is 5.54 Å². The first-order valence-corrected chi connectivity index (χ1v) is 12.6. The Labute approximate surface area is 221 Å². The van der Waals surface area contributed by atoms with Crippen molar-refractivity contribution in [3.63, 3.8) is 0 Å². The molecule has 2 aliphatic rings. The van der Waals surface area contributed by atoms with E-state index in [1.165, 1.54) is 11.8 Å². The minimum atomic E-state index is -4.97. The number of ether oxygens (including phenoxy) is 1. The van der Waals surface area contributed by atoms with Crippen LogP contribution in [0.15, 0.2) is 48.5 Å². The fourth-order valence-corrected chi connectivity index (χ4v) is 5.10. The van der Waals surface area contributed by atoms with Crippen LogP contribution in [0.2, 0.25) is 0 Å². The van der Waals surface area contributed by atoms with Crippen LogP contribution in [-0.2, 0) is 27.4 Å². The van der Waals surface area contributed by atoms with E-state index in [0.29, 0.717) is 25.0 Å². The van der Waals surface area contributed by atoms with E-state index in [2.05, 4.69) is 10.6 Å². The van der Waals surface area contributed by atoms with Gasteiger partial charge in [-0.2, -0.15) is 26.3 Å². The molecule has 0 radical (unpaired) electrons. The number of alkyl halides is 6. The highest BCUT2D eigenvalue weighted by atomic mass is 19.4. The summed E-state index contributed by atoms with van der Waals surface area (Å²) in [7, 11) is 0. The van der Waals surface area contributed by atoms with Gasteiger partial charge in [0.15, 0.2) is 0 Å². The number of benzene rings is 2. The molecule has 3 unspecified atom stereocenters. The number of amides is 3. The molecule has 0 aliphatic carbocycles. The first-order chi connectivity index (χ1) is 18.2. The van der Waals surface area contributed by atoms with Crippen LogP contribution in [0.1, 0.15) is 61.5 Å². The van der Waals surface area contributed by atoms with E-state index >= 15 is 0 Å². The number of urea groups is 1. The summed E-state index contributed by atoms with van der Waals surface area (Å²) in [5.74, 6) is -0.332. The van der Waals surface area contributed by atoms with Gasteiger partial charge in [0.05, 0.1) is 29.4 Å². The molecule has 4 rings (SSSR count). The van der Waals surface area contributed by atoms with E-state index in [9.17, 15) is 35.9 Å². The maximum Gasteiger partial charge on any atom is 0.416 e. The van der Waals surface area contributed by atoms with Crippen molar-refractivity contribution >= 4 is 11.9 Å². The molecule has 2 aromatic rings. The van der Waals surface area contributed by atoms with Crippen LogP contribution >= 0.6 is 0 Å². The summed E-state index contributed by atoms with van der Waals surface area (Å²) in [5, 5.41) is 6.12. The minimum Gasteiger partial charge on any atom is -0.372 e. The third-order valence-electron chi connectivity index (χ3n) is 7.39. The topological polar surface area (TPSA) is 70.7 Å². The Morgan fingerprint density at radius 2 is 1.59 bits per heavy atom. The molecule has 2 heterocycles. The van der Waals surface area contributed by atoms with E-state index in [-0.39, 0.29) is 43.7 Å². The number of imide groups is 1. The lowest BCUT2D eigenvalue weighted by Crippen LogP contribution is -2.64. The molecule has 6 nitrogen and oxygen atoms in total. The quantitative estimate of drug-likeness (QED) is 0.335. The smallest absolute Gasteiger partial charge is 0.372 e. The first kappa shape index (κ1) is 28.9. The van der Waals surface area contributed by atoms with Crippen LogP contribution in [0.3, 0.4) is 0 Å². The number of rotatable bonds is 7. The van der Waals surface area contributed by atoms with Gasteiger partial charge >= 0.3 is 18.4 Å². The number of hydrogen-bond acceptors (Lipinski definition) is 4. The molecular formula is C27H29F6N3O3. The van der Waals surface area contributed by atoms with Crippen LogP contribution < -0.4 is 10.6 Å². The molecular weight excluding hydrogens is 528 g/mol. The van der Waals surface area contributed by atoms with E-state index in [4.69, 9.17) is 4.74 Å². The summed E-state index contributed by atoms with van der Waals surface area (Å²) in [6, 6.07) is 9.97. The van der Waals surface area contributed by atoms with Gasteiger partial charge in [-0.15, -0.1) is 0 Å². The molecule has 2 saturated heterocycles. The Morgan fingerprint density at radius 3 is 2.10 bits per heavy atom. The van der Waals surface area contributed by atoms with Crippen LogP contribution in [0, 0.1) is 0 Å². The number of nitrogens with zero attached hydrogens (tertiary/aromatic N) is 1. The molecule has 2 N–H and O–H groups in total. The van der Waals surface area contributed by atoms with Crippen LogP contribution in [-0.4, -0.2) is 42.1 Å². The lowest BCUT2D eigenvalue weighted by molar-refractivity contribution is -0.143. The first-order valence-electron chi connectivity index (χ1n) is 12.6. The fourth-order valence-electron chi connectivity index (χ4n) is 5.10. The average Bonchev–Trinajstić information content (AvgIpc) is 3.12. The highest BCUT2D eigenvalue weighted by Crippen LogP contribution is 2.40. The van der Waals surface area contributed by atoms with Gasteiger partial charge < -0.3 is 15.4 Å². The van der Waals surface area contributed by atoms with E-state index in [1.54, 1.807) is 18.2 Å². The maximum absolute atomic E-state index is 13.4. The van der Waals surface area contributed by atoms with Gasteiger partial charge in [-0.05, 0) is 55.5 Å². The Hall–Kier alpha value is -3.12. The zero-order chi connectivity index (χ0) is 28.6. The van der Waals surface area contributed by atoms with Crippen molar-refractivity contribution in [2.24, 2.45) is 0 Å². The Kier molecular flexibility index (Phi) is 7.74. The molecule has 2 fully saturated rings. The summed E-state index contributed by atoms with van der Waals surface area (Å²) in [6.07, 6.45) is -9.87. The van der Waals surface area contributed by atoms with E-state index in [0.717, 1.165) is 5.56 Å². The molecule has 3 amide bonds. The normalized spacial score (nSPS) is 24.8. The summed E-state index contributed by atoms with van der Waals surface area (Å²) in [4.78, 5) is 26.7. The average molecular weight is 558 g/mol. The molecule has 0 aromatic heterocycles. The summed E-state index contributed by atoms with van der Waals surface area (Å²) < 4.78 is 86.1. The highest BCUT2D eigenvalue weighted by molar-refractivity contribution is 6.07. The lowest BCUT2D eigenvalue weighted by Gasteiger charge is -2.45. The van der Waals surface area contributed by atoms with Gasteiger partial charge in [0, 0.05) is 13.1 Å². The Bertz CT molecular complexity index is 1180. The highest BCUT2D eigenvalue weighted by Gasteiger charge is 2.55. The second-order valence-corrected chi connectivity index (χ2v) is 10.1. The zero-order valence-electron chi connectivity index (χ0n) is 21.4. The number of carbonyl (C=O) groups is 2. The Morgan fingerprint density at radius 1 is 0.974 bits per heavy atom. The zero-order valence-corrected chi connectivity index (χ0v) is 21.4. The largest absolute Gasteiger partial charge is 0.416 e. The van der Waals surface area contributed by atoms with Crippen LogP contribution in [0.4, 0.5) is 31.1 Å². The predicted molar refractivity (Wildman–Crippen MR) is 129 cm³/mol. The maximum atomic E-state index is 13.4. The molecule has 39 heavy (non-hydrogen) atoms. The van der Waals surface area contributed by atoms with Gasteiger partial charge in [0.2, 0.25) is 0 Å². The second-order valence-electron chi connectivity index (χ2n) is 10.1. The van der Waals surface area contributed by atoms with Crippen LogP contribution in [0.25, 0.3) is 0 Å². The third kappa shape index (κ3) is 5.76. The molecule has 12 heteroatoms. The number of nitrogens with one attached hydrogen (secondary N) is 2. The molecule has 0 saturated carbocycles. The van der Waals surface area contributed by atoms with Crippen molar-refractivity contribution in [1.82, 2.24) is 15.5 Å². The van der Waals surface area contributed by atoms with Crippen LogP contribution in [0.5, 0.6) is 0 Å². The van der Waals surface area contributed by atoms with Crippen molar-refractivity contribution in [3.8, 4) is 0 Å². The molecule has 0 bridgehead atoms. The van der Waals surface area contributed by atoms with E-state index in [1.807, 2.05) is 19.1 Å². The van der Waals surface area contributed by atoms with Gasteiger partial charge in [-0.25, -0.2) is 4.79 Å². The molecule has 3 atom stereocenters. The number of piperidine rings is 1. The van der Waals surface area contributed by atoms with Gasteiger partial charge in [-0.3, -0.25) is 9.69 Å². The Balaban J connectivity index is 1.58. The number of hydrogen-bond donors (Lipinski definition) is 2. The fraction of sp³-hybridized carbons (Fsp3) is 0.481.